The smallest absolute Gasteiger partial charge is 0.240 e. The molecule has 0 spiro atoms. The zero-order valence-corrected chi connectivity index (χ0v) is 11.7. The molecular weight excluding hydrogens is 292 g/mol. The van der Waals surface area contributed by atoms with Gasteiger partial charge in [0.2, 0.25) is 5.91 Å². The van der Waals surface area contributed by atoms with E-state index in [9.17, 15) is 13.6 Å². The molecule has 1 amide bonds. The van der Waals surface area contributed by atoms with Crippen molar-refractivity contribution in [1.82, 2.24) is 14.9 Å². The molecule has 1 aromatic carbocycles. The third kappa shape index (κ3) is 2.69. The molecule has 3 rings (SSSR count). The summed E-state index contributed by atoms with van der Waals surface area (Å²) in [5, 5.41) is 2.76. The Balaban J connectivity index is 1.75. The van der Waals surface area contributed by atoms with Crippen molar-refractivity contribution in [2.75, 3.05) is 0 Å². The molecule has 3 aromatic rings. The van der Waals surface area contributed by atoms with E-state index in [1.165, 1.54) is 17.2 Å². The number of halogens is 2. The second kappa shape index (κ2) is 5.59. The summed E-state index contributed by atoms with van der Waals surface area (Å²) in [5.74, 6) is -1.59. The number of furan rings is 1. The van der Waals surface area contributed by atoms with Crippen LogP contribution in [0.4, 0.5) is 8.78 Å². The van der Waals surface area contributed by atoms with Crippen LogP contribution < -0.4 is 5.32 Å². The molecule has 1 unspecified atom stereocenters. The molecule has 0 saturated heterocycles. The SMILES string of the molecule is CC(NC(=O)Cn1cnc2cc(F)c(F)cc21)c1ccco1. The average molecular weight is 305 g/mol. The van der Waals surface area contributed by atoms with Gasteiger partial charge in [-0.05, 0) is 19.1 Å². The Labute approximate surface area is 124 Å². The van der Waals surface area contributed by atoms with Crippen LogP contribution in [0.2, 0.25) is 0 Å². The van der Waals surface area contributed by atoms with Crippen LogP contribution in [0.5, 0.6) is 0 Å². The topological polar surface area (TPSA) is 60.1 Å². The summed E-state index contributed by atoms with van der Waals surface area (Å²) in [5.41, 5.74) is 0.658. The Hall–Kier alpha value is -2.70. The standard InChI is InChI=1S/C15H13F2N3O2/c1-9(14-3-2-4-22-14)19-15(21)7-20-8-18-12-5-10(16)11(17)6-13(12)20/h2-6,8-9H,7H2,1H3,(H,19,21). The monoisotopic (exact) mass is 305 g/mol. The highest BCUT2D eigenvalue weighted by Gasteiger charge is 2.14. The summed E-state index contributed by atoms with van der Waals surface area (Å²) in [7, 11) is 0. The van der Waals surface area contributed by atoms with Gasteiger partial charge in [0.05, 0.1) is 29.7 Å². The van der Waals surface area contributed by atoms with Crippen molar-refractivity contribution in [3.05, 3.63) is 54.3 Å². The van der Waals surface area contributed by atoms with Crippen LogP contribution in [-0.2, 0) is 11.3 Å². The van der Waals surface area contributed by atoms with Crippen molar-refractivity contribution in [1.29, 1.82) is 0 Å². The van der Waals surface area contributed by atoms with Crippen molar-refractivity contribution in [2.45, 2.75) is 19.5 Å². The number of imidazole rings is 1. The maximum atomic E-state index is 13.3. The second-order valence-electron chi connectivity index (χ2n) is 4.93. The van der Waals surface area contributed by atoms with Crippen molar-refractivity contribution in [3.8, 4) is 0 Å². The molecule has 0 aliphatic carbocycles. The molecule has 0 radical (unpaired) electrons. The van der Waals surface area contributed by atoms with E-state index in [4.69, 9.17) is 4.42 Å². The third-order valence-electron chi connectivity index (χ3n) is 3.32. The molecular formula is C15H13F2N3O2. The summed E-state index contributed by atoms with van der Waals surface area (Å²) in [4.78, 5) is 16.0. The fraction of sp³-hybridized carbons (Fsp3) is 0.200. The molecule has 1 N–H and O–H groups in total. The second-order valence-corrected chi connectivity index (χ2v) is 4.93. The van der Waals surface area contributed by atoms with Gasteiger partial charge < -0.3 is 14.3 Å². The normalized spacial score (nSPS) is 12.5. The van der Waals surface area contributed by atoms with Gasteiger partial charge in [-0.1, -0.05) is 0 Å². The first-order valence-corrected chi connectivity index (χ1v) is 6.67. The zero-order valence-electron chi connectivity index (χ0n) is 11.7. The summed E-state index contributed by atoms with van der Waals surface area (Å²) < 4.78 is 33.1. The molecule has 7 heteroatoms. The van der Waals surface area contributed by atoms with Crippen LogP contribution >= 0.6 is 0 Å². The van der Waals surface area contributed by atoms with Crippen LogP contribution in [0, 0.1) is 11.6 Å². The van der Waals surface area contributed by atoms with E-state index in [1.807, 2.05) is 0 Å². The first kappa shape index (κ1) is 14.2. The fourth-order valence-electron chi connectivity index (χ4n) is 2.23. The minimum absolute atomic E-state index is 0.0490. The fourth-order valence-corrected chi connectivity index (χ4v) is 2.23. The van der Waals surface area contributed by atoms with E-state index < -0.39 is 11.6 Å². The van der Waals surface area contributed by atoms with Crippen LogP contribution in [0.15, 0.2) is 41.3 Å². The summed E-state index contributed by atoms with van der Waals surface area (Å²) in [6.45, 7) is 1.74. The summed E-state index contributed by atoms with van der Waals surface area (Å²) in [6, 6.07) is 5.24. The third-order valence-corrected chi connectivity index (χ3v) is 3.32. The number of hydrogen-bond donors (Lipinski definition) is 1. The summed E-state index contributed by atoms with van der Waals surface area (Å²) in [6.07, 6.45) is 2.90. The predicted molar refractivity (Wildman–Crippen MR) is 74.9 cm³/mol. The molecule has 0 aliphatic heterocycles. The molecule has 2 heterocycles. The number of benzene rings is 1. The molecule has 2 aromatic heterocycles. The number of amides is 1. The molecule has 0 fully saturated rings. The summed E-state index contributed by atoms with van der Waals surface area (Å²) >= 11 is 0. The molecule has 5 nitrogen and oxygen atoms in total. The highest BCUT2D eigenvalue weighted by molar-refractivity contribution is 5.80. The number of carbonyl (C=O) groups is 1. The first-order chi connectivity index (χ1) is 10.5. The molecule has 0 bridgehead atoms. The van der Waals surface area contributed by atoms with Gasteiger partial charge in [-0.2, -0.15) is 0 Å². The minimum Gasteiger partial charge on any atom is -0.467 e. The lowest BCUT2D eigenvalue weighted by atomic mass is 10.2. The van der Waals surface area contributed by atoms with Crippen molar-refractivity contribution in [3.63, 3.8) is 0 Å². The number of nitrogens with zero attached hydrogens (tertiary/aromatic N) is 2. The van der Waals surface area contributed by atoms with Gasteiger partial charge in [0, 0.05) is 12.1 Å². The lowest BCUT2D eigenvalue weighted by Crippen LogP contribution is -2.29. The first-order valence-electron chi connectivity index (χ1n) is 6.67. The largest absolute Gasteiger partial charge is 0.467 e. The van der Waals surface area contributed by atoms with Gasteiger partial charge >= 0.3 is 0 Å². The van der Waals surface area contributed by atoms with Gasteiger partial charge in [0.25, 0.3) is 0 Å². The molecule has 0 aliphatic rings. The van der Waals surface area contributed by atoms with E-state index in [1.54, 1.807) is 19.1 Å². The van der Waals surface area contributed by atoms with Gasteiger partial charge in [0.1, 0.15) is 12.3 Å². The van der Waals surface area contributed by atoms with E-state index in [-0.39, 0.29) is 18.5 Å². The van der Waals surface area contributed by atoms with Crippen LogP contribution in [0.25, 0.3) is 11.0 Å². The zero-order chi connectivity index (χ0) is 15.7. The maximum absolute atomic E-state index is 13.3. The number of carbonyl (C=O) groups excluding carboxylic acids is 1. The van der Waals surface area contributed by atoms with Crippen molar-refractivity contribution >= 4 is 16.9 Å². The highest BCUT2D eigenvalue weighted by atomic mass is 19.2. The lowest BCUT2D eigenvalue weighted by molar-refractivity contribution is -0.122. The van der Waals surface area contributed by atoms with Gasteiger partial charge in [-0.15, -0.1) is 0 Å². The predicted octanol–water partition coefficient (Wildman–Crippen LogP) is 2.78. The highest BCUT2D eigenvalue weighted by Crippen LogP contribution is 2.18. The number of rotatable bonds is 4. The minimum atomic E-state index is -0.974. The van der Waals surface area contributed by atoms with Gasteiger partial charge in [-0.3, -0.25) is 4.79 Å². The molecule has 114 valence electrons. The van der Waals surface area contributed by atoms with Crippen LogP contribution in [0.1, 0.15) is 18.7 Å². The lowest BCUT2D eigenvalue weighted by Gasteiger charge is -2.12. The Morgan fingerprint density at radius 2 is 2.18 bits per heavy atom. The Morgan fingerprint density at radius 3 is 2.91 bits per heavy atom. The number of aromatic nitrogens is 2. The van der Waals surface area contributed by atoms with Gasteiger partial charge in [-0.25, -0.2) is 13.8 Å². The van der Waals surface area contributed by atoms with E-state index in [2.05, 4.69) is 10.3 Å². The van der Waals surface area contributed by atoms with Crippen LogP contribution in [0.3, 0.4) is 0 Å². The molecule has 22 heavy (non-hydrogen) atoms. The Kier molecular flexibility index (Phi) is 3.62. The molecule has 1 atom stereocenters. The van der Waals surface area contributed by atoms with Crippen molar-refractivity contribution in [2.24, 2.45) is 0 Å². The maximum Gasteiger partial charge on any atom is 0.240 e. The van der Waals surface area contributed by atoms with Gasteiger partial charge in [0.15, 0.2) is 11.6 Å². The number of hydrogen-bond acceptors (Lipinski definition) is 3. The van der Waals surface area contributed by atoms with Crippen molar-refractivity contribution < 1.29 is 18.0 Å². The number of nitrogens with one attached hydrogen (secondary N) is 1. The number of fused-ring (bicyclic) bond motifs is 1. The van der Waals surface area contributed by atoms with E-state index in [0.717, 1.165) is 12.1 Å². The Bertz CT molecular complexity index is 812. The van der Waals surface area contributed by atoms with E-state index >= 15 is 0 Å². The van der Waals surface area contributed by atoms with Crippen LogP contribution in [-0.4, -0.2) is 15.5 Å². The quantitative estimate of drug-likeness (QED) is 0.806. The Morgan fingerprint density at radius 1 is 1.41 bits per heavy atom. The molecule has 0 saturated carbocycles. The van der Waals surface area contributed by atoms with E-state index in [0.29, 0.717) is 16.8 Å². The average Bonchev–Trinajstić information content (AvgIpc) is 3.11.